The van der Waals surface area contributed by atoms with Gasteiger partial charge >= 0.3 is 0 Å². The minimum absolute atomic E-state index is 0.569. The Hall–Kier alpha value is -0.770. The summed E-state index contributed by atoms with van der Waals surface area (Å²) in [4.78, 5) is 5.08. The van der Waals surface area contributed by atoms with E-state index < -0.39 is 0 Å². The van der Waals surface area contributed by atoms with Gasteiger partial charge in [-0.3, -0.25) is 0 Å². The minimum atomic E-state index is 0.569. The smallest absolute Gasteiger partial charge is 0.183 e. The summed E-state index contributed by atoms with van der Waals surface area (Å²) >= 11 is 13.2. The largest absolute Gasteiger partial charge is 0.380 e. The molecule has 0 aliphatic carbocycles. The molecule has 0 aliphatic rings. The molecule has 1 N–H and O–H groups in total. The first-order valence-corrected chi connectivity index (χ1v) is 6.32. The van der Waals surface area contributed by atoms with E-state index >= 15 is 0 Å². The van der Waals surface area contributed by atoms with Crippen molar-refractivity contribution in [3.63, 3.8) is 0 Å². The number of benzene rings is 1. The predicted molar refractivity (Wildman–Crippen MR) is 70.6 cm³/mol. The highest BCUT2D eigenvalue weighted by atomic mass is 35.5. The highest BCUT2D eigenvalue weighted by Gasteiger charge is 2.00. The molecule has 1 aromatic heterocycles. The van der Waals surface area contributed by atoms with Gasteiger partial charge in [-0.15, -0.1) is 11.3 Å². The van der Waals surface area contributed by atoms with E-state index in [4.69, 9.17) is 23.2 Å². The zero-order valence-corrected chi connectivity index (χ0v) is 11.0. The summed E-state index contributed by atoms with van der Waals surface area (Å²) < 4.78 is 0.569. The second-order valence-corrected chi connectivity index (χ2v) is 5.58. The van der Waals surface area contributed by atoms with Crippen molar-refractivity contribution in [1.82, 2.24) is 4.98 Å². The summed E-state index contributed by atoms with van der Waals surface area (Å²) in [6.07, 6.45) is 1.78. The van der Waals surface area contributed by atoms with Crippen LogP contribution in [0, 0.1) is 6.92 Å². The van der Waals surface area contributed by atoms with E-state index in [0.29, 0.717) is 11.0 Å². The molecular weight excluding hydrogens is 263 g/mol. The van der Waals surface area contributed by atoms with Gasteiger partial charge in [-0.25, -0.2) is 4.98 Å². The van der Waals surface area contributed by atoms with Gasteiger partial charge in [0.2, 0.25) is 0 Å². The third-order valence-electron chi connectivity index (χ3n) is 2.03. The Morgan fingerprint density at radius 3 is 2.75 bits per heavy atom. The van der Waals surface area contributed by atoms with Crippen LogP contribution in [0.3, 0.4) is 0 Å². The number of rotatable bonds is 3. The lowest BCUT2D eigenvalue weighted by Crippen LogP contribution is -1.97. The molecule has 5 heteroatoms. The quantitative estimate of drug-likeness (QED) is 0.898. The van der Waals surface area contributed by atoms with Crippen LogP contribution in [-0.2, 0) is 6.54 Å². The van der Waals surface area contributed by atoms with Crippen molar-refractivity contribution in [2.45, 2.75) is 13.5 Å². The van der Waals surface area contributed by atoms with Crippen molar-refractivity contribution in [2.24, 2.45) is 0 Å². The van der Waals surface area contributed by atoms with Crippen LogP contribution in [0.2, 0.25) is 9.49 Å². The zero-order valence-electron chi connectivity index (χ0n) is 8.63. The molecule has 2 nitrogen and oxygen atoms in total. The van der Waals surface area contributed by atoms with E-state index in [1.54, 1.807) is 6.20 Å². The number of thiazole rings is 1. The molecule has 0 bridgehead atoms. The third-order valence-corrected chi connectivity index (χ3v) is 3.37. The fourth-order valence-electron chi connectivity index (χ4n) is 1.39. The average Bonchev–Trinajstić information content (AvgIpc) is 2.60. The molecule has 1 heterocycles. The van der Waals surface area contributed by atoms with Crippen molar-refractivity contribution < 1.29 is 0 Å². The molecule has 0 saturated heterocycles. The number of nitrogens with one attached hydrogen (secondary N) is 1. The number of hydrogen-bond acceptors (Lipinski definition) is 3. The molecule has 0 spiro atoms. The lowest BCUT2D eigenvalue weighted by molar-refractivity contribution is 1.17. The number of anilines is 1. The monoisotopic (exact) mass is 272 g/mol. The number of nitrogens with zero attached hydrogens (tertiary/aromatic N) is 1. The lowest BCUT2D eigenvalue weighted by Gasteiger charge is -2.06. The standard InChI is InChI=1S/C11H10Cl2N2S/c1-7-2-8(12)4-9(3-7)14-5-10-6-15-11(13)16-10/h2-4,6,14H,5H2,1H3. The SMILES string of the molecule is Cc1cc(Cl)cc(NCc2cnc(Cl)s2)c1. The van der Waals surface area contributed by atoms with Crippen LogP contribution in [0.5, 0.6) is 0 Å². The minimum Gasteiger partial charge on any atom is -0.380 e. The van der Waals surface area contributed by atoms with Crippen molar-refractivity contribution >= 4 is 40.2 Å². The molecule has 0 unspecified atom stereocenters. The summed E-state index contributed by atoms with van der Waals surface area (Å²) in [5, 5.41) is 4.02. The molecule has 0 saturated carbocycles. The molecule has 84 valence electrons. The highest BCUT2D eigenvalue weighted by molar-refractivity contribution is 7.15. The van der Waals surface area contributed by atoms with Crippen LogP contribution in [0.1, 0.15) is 10.4 Å². The van der Waals surface area contributed by atoms with E-state index in [2.05, 4.69) is 16.4 Å². The van der Waals surface area contributed by atoms with Crippen LogP contribution in [-0.4, -0.2) is 4.98 Å². The molecule has 2 rings (SSSR count). The van der Waals surface area contributed by atoms with Gasteiger partial charge in [0.05, 0.1) is 6.54 Å². The second-order valence-electron chi connectivity index (χ2n) is 3.45. The average molecular weight is 273 g/mol. The molecule has 0 atom stereocenters. The maximum atomic E-state index is 5.97. The van der Waals surface area contributed by atoms with E-state index in [1.165, 1.54) is 11.3 Å². The summed E-state index contributed by atoms with van der Waals surface area (Å²) in [6, 6.07) is 5.88. The molecule has 0 radical (unpaired) electrons. The number of aryl methyl sites for hydroxylation is 1. The van der Waals surface area contributed by atoms with Crippen molar-refractivity contribution in [1.29, 1.82) is 0 Å². The van der Waals surface area contributed by atoms with Crippen LogP contribution < -0.4 is 5.32 Å². The van der Waals surface area contributed by atoms with Gasteiger partial charge in [0.1, 0.15) is 0 Å². The molecule has 0 fully saturated rings. The van der Waals surface area contributed by atoms with Gasteiger partial charge in [-0.1, -0.05) is 23.2 Å². The van der Waals surface area contributed by atoms with Crippen LogP contribution in [0.25, 0.3) is 0 Å². The Morgan fingerprint density at radius 2 is 2.12 bits per heavy atom. The fourth-order valence-corrected chi connectivity index (χ4v) is 2.60. The predicted octanol–water partition coefficient (Wildman–Crippen LogP) is 4.37. The van der Waals surface area contributed by atoms with Crippen molar-refractivity contribution in [3.05, 3.63) is 44.3 Å². The Bertz CT molecular complexity index is 476. The Morgan fingerprint density at radius 1 is 1.31 bits per heavy atom. The van der Waals surface area contributed by atoms with Crippen molar-refractivity contribution in [3.8, 4) is 0 Å². The lowest BCUT2D eigenvalue weighted by atomic mass is 10.2. The van der Waals surface area contributed by atoms with Gasteiger partial charge in [-0.2, -0.15) is 0 Å². The topological polar surface area (TPSA) is 24.9 Å². The van der Waals surface area contributed by atoms with E-state index in [-0.39, 0.29) is 0 Å². The first-order valence-electron chi connectivity index (χ1n) is 4.75. The summed E-state index contributed by atoms with van der Waals surface area (Å²) in [6.45, 7) is 2.73. The Labute approximate surface area is 108 Å². The summed E-state index contributed by atoms with van der Waals surface area (Å²) in [7, 11) is 0. The van der Waals surface area contributed by atoms with Gasteiger partial charge in [0.25, 0.3) is 0 Å². The van der Waals surface area contributed by atoms with Gasteiger partial charge < -0.3 is 5.32 Å². The zero-order chi connectivity index (χ0) is 11.5. The number of hydrogen-bond donors (Lipinski definition) is 1. The van der Waals surface area contributed by atoms with E-state index in [1.807, 2.05) is 19.1 Å². The normalized spacial score (nSPS) is 10.4. The molecule has 0 aliphatic heterocycles. The van der Waals surface area contributed by atoms with Gasteiger partial charge in [-0.05, 0) is 30.7 Å². The van der Waals surface area contributed by atoms with Crippen LogP contribution >= 0.6 is 34.5 Å². The van der Waals surface area contributed by atoms with Crippen LogP contribution in [0.4, 0.5) is 5.69 Å². The molecular formula is C11H10Cl2N2S. The second kappa shape index (κ2) is 5.04. The molecule has 16 heavy (non-hydrogen) atoms. The third kappa shape index (κ3) is 3.11. The Balaban J connectivity index is 2.04. The first-order chi connectivity index (χ1) is 7.63. The molecule has 0 amide bonds. The van der Waals surface area contributed by atoms with Crippen LogP contribution in [0.15, 0.2) is 24.4 Å². The van der Waals surface area contributed by atoms with Gasteiger partial charge in [0.15, 0.2) is 4.47 Å². The summed E-state index contributed by atoms with van der Waals surface area (Å²) in [5.74, 6) is 0. The van der Waals surface area contributed by atoms with Crippen molar-refractivity contribution in [2.75, 3.05) is 5.32 Å². The molecule has 2 aromatic rings. The van der Waals surface area contributed by atoms with Gasteiger partial charge in [0, 0.05) is 21.8 Å². The Kier molecular flexibility index (Phi) is 3.69. The summed E-state index contributed by atoms with van der Waals surface area (Å²) in [5.41, 5.74) is 2.15. The first kappa shape index (κ1) is 11.7. The maximum Gasteiger partial charge on any atom is 0.183 e. The molecule has 1 aromatic carbocycles. The van der Waals surface area contributed by atoms with E-state index in [0.717, 1.165) is 21.2 Å². The van der Waals surface area contributed by atoms with E-state index in [9.17, 15) is 0 Å². The maximum absolute atomic E-state index is 5.97. The highest BCUT2D eigenvalue weighted by Crippen LogP contribution is 2.21. The number of halogens is 2. The fraction of sp³-hybridized carbons (Fsp3) is 0.182. The number of aromatic nitrogens is 1.